The maximum Gasteiger partial charge on any atom is 0.0456 e. The van der Waals surface area contributed by atoms with Gasteiger partial charge in [-0.3, -0.25) is 0 Å². The van der Waals surface area contributed by atoms with Gasteiger partial charge < -0.3 is 5.32 Å². The van der Waals surface area contributed by atoms with E-state index in [1.807, 2.05) is 0 Å². The summed E-state index contributed by atoms with van der Waals surface area (Å²) in [5.74, 6) is 0.783. The molecule has 0 spiro atoms. The predicted molar refractivity (Wildman–Crippen MR) is 65.5 cm³/mol. The quantitative estimate of drug-likeness (QED) is 0.817. The van der Waals surface area contributed by atoms with Crippen molar-refractivity contribution in [1.29, 1.82) is 0 Å². The van der Waals surface area contributed by atoms with E-state index in [-0.39, 0.29) is 0 Å². The average molecular weight is 224 g/mol. The topological polar surface area (TPSA) is 12.0 Å². The minimum atomic E-state index is 0.343. The lowest BCUT2D eigenvalue weighted by molar-refractivity contribution is 0.598. The Balaban J connectivity index is 2.17. The van der Waals surface area contributed by atoms with E-state index in [9.17, 15) is 0 Å². The van der Waals surface area contributed by atoms with E-state index in [4.69, 9.17) is 11.6 Å². The van der Waals surface area contributed by atoms with Crippen molar-refractivity contribution < 1.29 is 0 Å². The highest BCUT2D eigenvalue weighted by atomic mass is 35.5. The van der Waals surface area contributed by atoms with E-state index in [2.05, 4.69) is 37.4 Å². The minimum Gasteiger partial charge on any atom is -0.310 e. The van der Waals surface area contributed by atoms with Gasteiger partial charge in [-0.1, -0.05) is 30.7 Å². The number of hydrogen-bond donors (Lipinski definition) is 1. The van der Waals surface area contributed by atoms with Gasteiger partial charge in [-0.2, -0.15) is 0 Å². The van der Waals surface area contributed by atoms with Crippen LogP contribution < -0.4 is 5.32 Å². The molecule has 2 heteroatoms. The summed E-state index contributed by atoms with van der Waals surface area (Å²) in [4.78, 5) is 0. The van der Waals surface area contributed by atoms with Gasteiger partial charge in [-0.15, -0.1) is 0 Å². The molecule has 1 aromatic carbocycles. The lowest BCUT2D eigenvalue weighted by Gasteiger charge is -2.15. The molecular weight excluding hydrogens is 206 g/mol. The highest BCUT2D eigenvalue weighted by molar-refractivity contribution is 6.31. The molecule has 1 atom stereocenters. The second kappa shape index (κ2) is 4.54. The summed E-state index contributed by atoms with van der Waals surface area (Å²) in [6, 6.07) is 6.88. The molecule has 0 aliphatic heterocycles. The van der Waals surface area contributed by atoms with Crippen molar-refractivity contribution in [3.8, 4) is 0 Å². The zero-order valence-corrected chi connectivity index (χ0v) is 10.1. The van der Waals surface area contributed by atoms with Gasteiger partial charge >= 0.3 is 0 Å². The van der Waals surface area contributed by atoms with Crippen LogP contribution in [0.3, 0.4) is 0 Å². The van der Waals surface area contributed by atoms with Crippen molar-refractivity contribution in [3.63, 3.8) is 0 Å². The summed E-state index contributed by atoms with van der Waals surface area (Å²) in [5, 5.41) is 4.29. The number of benzene rings is 1. The molecule has 1 aliphatic carbocycles. The van der Waals surface area contributed by atoms with Crippen molar-refractivity contribution in [2.75, 3.05) is 6.54 Å². The van der Waals surface area contributed by atoms with Crippen molar-refractivity contribution in [2.45, 2.75) is 38.6 Å². The van der Waals surface area contributed by atoms with Crippen LogP contribution in [0.1, 0.15) is 49.8 Å². The summed E-state index contributed by atoms with van der Waals surface area (Å²) in [7, 11) is 0. The van der Waals surface area contributed by atoms with Gasteiger partial charge in [0.2, 0.25) is 0 Å². The zero-order chi connectivity index (χ0) is 10.8. The first-order valence-electron chi connectivity index (χ1n) is 5.75. The van der Waals surface area contributed by atoms with Crippen molar-refractivity contribution in [2.24, 2.45) is 0 Å². The monoisotopic (exact) mass is 223 g/mol. The molecule has 1 nitrogen and oxygen atoms in total. The molecule has 1 unspecified atom stereocenters. The van der Waals surface area contributed by atoms with Gasteiger partial charge in [0, 0.05) is 11.1 Å². The highest BCUT2D eigenvalue weighted by Gasteiger charge is 2.24. The first kappa shape index (κ1) is 11.0. The van der Waals surface area contributed by atoms with Crippen LogP contribution >= 0.6 is 11.6 Å². The normalized spacial score (nSPS) is 17.8. The Morgan fingerprint density at radius 1 is 1.47 bits per heavy atom. The Labute approximate surface area is 96.8 Å². The van der Waals surface area contributed by atoms with Crippen LogP contribution in [0, 0.1) is 0 Å². The first-order valence-corrected chi connectivity index (χ1v) is 6.13. The van der Waals surface area contributed by atoms with Crippen LogP contribution in [0.15, 0.2) is 18.2 Å². The number of nitrogens with one attached hydrogen (secondary N) is 1. The molecule has 0 amide bonds. The van der Waals surface area contributed by atoms with Crippen molar-refractivity contribution in [3.05, 3.63) is 34.3 Å². The Kier molecular flexibility index (Phi) is 3.32. The van der Waals surface area contributed by atoms with E-state index in [1.54, 1.807) is 0 Å². The molecule has 1 N–H and O–H groups in total. The largest absolute Gasteiger partial charge is 0.310 e. The molecule has 1 saturated carbocycles. The van der Waals surface area contributed by atoms with E-state index in [1.165, 1.54) is 24.0 Å². The number of halogens is 1. The third-order valence-corrected chi connectivity index (χ3v) is 3.38. The zero-order valence-electron chi connectivity index (χ0n) is 9.39. The molecule has 2 rings (SSSR count). The van der Waals surface area contributed by atoms with E-state index >= 15 is 0 Å². The lowest BCUT2D eigenvalue weighted by Crippen LogP contribution is -2.18. The van der Waals surface area contributed by atoms with Crippen LogP contribution in [0.4, 0.5) is 0 Å². The second-order valence-corrected chi connectivity index (χ2v) is 4.74. The van der Waals surface area contributed by atoms with E-state index < -0.39 is 0 Å². The Morgan fingerprint density at radius 3 is 2.73 bits per heavy atom. The second-order valence-electron chi connectivity index (χ2n) is 4.33. The first-order chi connectivity index (χ1) is 7.22. The molecule has 0 radical (unpaired) electrons. The van der Waals surface area contributed by atoms with Crippen LogP contribution in [0.25, 0.3) is 0 Å². The maximum absolute atomic E-state index is 6.29. The average Bonchev–Trinajstić information content (AvgIpc) is 3.01. The Hall–Kier alpha value is -0.530. The lowest BCUT2D eigenvalue weighted by atomic mass is 10.0. The van der Waals surface area contributed by atoms with Crippen LogP contribution in [0.5, 0.6) is 0 Å². The van der Waals surface area contributed by atoms with Gasteiger partial charge in [-0.05, 0) is 49.4 Å². The van der Waals surface area contributed by atoms with Crippen molar-refractivity contribution >= 4 is 11.6 Å². The number of hydrogen-bond acceptors (Lipinski definition) is 1. The number of rotatable bonds is 4. The van der Waals surface area contributed by atoms with Crippen molar-refractivity contribution in [1.82, 2.24) is 5.32 Å². The maximum atomic E-state index is 6.29. The molecule has 0 saturated heterocycles. The highest BCUT2D eigenvalue weighted by Crippen LogP contribution is 2.41. The van der Waals surface area contributed by atoms with Gasteiger partial charge in [0.15, 0.2) is 0 Å². The molecule has 1 fully saturated rings. The fourth-order valence-electron chi connectivity index (χ4n) is 1.98. The summed E-state index contributed by atoms with van der Waals surface area (Å²) in [5.41, 5.74) is 2.62. The SMILES string of the molecule is CCNC(C)c1ccc(C2CC2)cc1Cl. The molecule has 0 bridgehead atoms. The minimum absolute atomic E-state index is 0.343. The van der Waals surface area contributed by atoms with Crippen LogP contribution in [-0.4, -0.2) is 6.54 Å². The van der Waals surface area contributed by atoms with Gasteiger partial charge in [0.1, 0.15) is 0 Å². The molecule has 0 heterocycles. The Morgan fingerprint density at radius 2 is 2.20 bits per heavy atom. The molecular formula is C13H18ClN. The van der Waals surface area contributed by atoms with Gasteiger partial charge in [-0.25, -0.2) is 0 Å². The third-order valence-electron chi connectivity index (χ3n) is 3.05. The predicted octanol–water partition coefficient (Wildman–Crippen LogP) is 3.89. The third kappa shape index (κ3) is 2.53. The molecule has 1 aliphatic rings. The summed E-state index contributed by atoms with van der Waals surface area (Å²) >= 11 is 6.29. The molecule has 0 aromatic heterocycles. The molecule has 1 aromatic rings. The standard InChI is InChI=1S/C13H18ClN/c1-3-15-9(2)12-7-6-11(8-13(12)14)10-4-5-10/h6-10,15H,3-5H2,1-2H3. The van der Waals surface area contributed by atoms with Crippen LogP contribution in [0.2, 0.25) is 5.02 Å². The smallest absolute Gasteiger partial charge is 0.0456 e. The fraction of sp³-hybridized carbons (Fsp3) is 0.538. The fourth-order valence-corrected chi connectivity index (χ4v) is 2.33. The summed E-state index contributed by atoms with van der Waals surface area (Å²) in [6.07, 6.45) is 2.66. The summed E-state index contributed by atoms with van der Waals surface area (Å²) < 4.78 is 0. The molecule has 15 heavy (non-hydrogen) atoms. The van der Waals surface area contributed by atoms with E-state index in [0.717, 1.165) is 17.5 Å². The molecule has 82 valence electrons. The van der Waals surface area contributed by atoms with Gasteiger partial charge in [0.25, 0.3) is 0 Å². The van der Waals surface area contributed by atoms with E-state index in [0.29, 0.717) is 6.04 Å². The Bertz CT molecular complexity index is 344. The van der Waals surface area contributed by atoms with Gasteiger partial charge in [0.05, 0.1) is 0 Å². The summed E-state index contributed by atoms with van der Waals surface area (Å²) in [6.45, 7) is 5.24. The van der Waals surface area contributed by atoms with Crippen LogP contribution in [-0.2, 0) is 0 Å².